The number of hydrogen-bond acceptors (Lipinski definition) is 7. The number of carbonyl (C=O) groups excluding carboxylic acids is 1. The monoisotopic (exact) mass is 430 g/mol. The zero-order chi connectivity index (χ0) is 23.0. The van der Waals surface area contributed by atoms with Crippen LogP contribution in [0.1, 0.15) is 15.9 Å². The Balaban J connectivity index is 1.57. The number of phenolic OH excluding ortho intramolecular Hbond substituents is 6. The third-order valence-corrected chi connectivity index (χ3v) is 5.10. The fourth-order valence-electron chi connectivity index (χ4n) is 3.34. The maximum atomic E-state index is 12.8. The van der Waals surface area contributed by atoms with E-state index in [0.29, 0.717) is 33.4 Å². The molecule has 4 aromatic rings. The molecule has 0 fully saturated rings. The average molecular weight is 430 g/mol. The molecule has 4 aromatic carbocycles. The minimum atomic E-state index is -0.596. The van der Waals surface area contributed by atoms with Gasteiger partial charge >= 0.3 is 0 Å². The molecule has 0 aliphatic rings. The van der Waals surface area contributed by atoms with E-state index in [1.807, 2.05) is 0 Å². The van der Waals surface area contributed by atoms with Crippen LogP contribution in [0.25, 0.3) is 22.3 Å². The smallest absolute Gasteiger partial charge is 0.200 e. The van der Waals surface area contributed by atoms with Gasteiger partial charge in [-0.15, -0.1) is 0 Å². The van der Waals surface area contributed by atoms with E-state index in [4.69, 9.17) is 0 Å². The third-order valence-electron chi connectivity index (χ3n) is 5.10. The summed E-state index contributed by atoms with van der Waals surface area (Å²) in [6.07, 6.45) is 0. The van der Waals surface area contributed by atoms with Crippen LogP contribution in [0.4, 0.5) is 0 Å². The fourth-order valence-corrected chi connectivity index (χ4v) is 3.34. The van der Waals surface area contributed by atoms with Gasteiger partial charge in [0.15, 0.2) is 40.3 Å². The number of aromatic hydroxyl groups is 6. The van der Waals surface area contributed by atoms with Crippen LogP contribution in [0, 0.1) is 0 Å². The van der Waals surface area contributed by atoms with Gasteiger partial charge < -0.3 is 30.6 Å². The lowest BCUT2D eigenvalue weighted by Crippen LogP contribution is -2.00. The molecule has 0 spiro atoms. The van der Waals surface area contributed by atoms with E-state index in [9.17, 15) is 35.4 Å². The van der Waals surface area contributed by atoms with Crippen molar-refractivity contribution in [2.75, 3.05) is 0 Å². The summed E-state index contributed by atoms with van der Waals surface area (Å²) in [7, 11) is 0. The standard InChI is InChI=1S/C25H18O7/c26-19-9-17(10-20(27)24(19)31)13-1-5-15(6-2-13)23(30)16-7-3-14(4-8-16)18-11-21(28)25(32)22(29)12-18/h1-12,26-29,31-32H. The van der Waals surface area contributed by atoms with E-state index in [1.165, 1.54) is 24.3 Å². The summed E-state index contributed by atoms with van der Waals surface area (Å²) >= 11 is 0. The van der Waals surface area contributed by atoms with E-state index in [0.717, 1.165) is 0 Å². The lowest BCUT2D eigenvalue weighted by Gasteiger charge is -2.08. The number of carbonyl (C=O) groups is 1. The predicted molar refractivity (Wildman–Crippen MR) is 117 cm³/mol. The first-order valence-corrected chi connectivity index (χ1v) is 9.50. The summed E-state index contributed by atoms with van der Waals surface area (Å²) in [6.45, 7) is 0. The maximum absolute atomic E-state index is 12.8. The molecular weight excluding hydrogens is 412 g/mol. The molecule has 0 bridgehead atoms. The van der Waals surface area contributed by atoms with Gasteiger partial charge in [-0.2, -0.15) is 0 Å². The van der Waals surface area contributed by atoms with Gasteiger partial charge in [-0.3, -0.25) is 4.79 Å². The summed E-state index contributed by atoms with van der Waals surface area (Å²) in [6, 6.07) is 18.3. The van der Waals surface area contributed by atoms with Crippen molar-refractivity contribution in [3.05, 3.63) is 83.9 Å². The number of ketones is 1. The Morgan fingerprint density at radius 3 is 1.00 bits per heavy atom. The van der Waals surface area contributed by atoms with Crippen LogP contribution < -0.4 is 0 Å². The molecule has 7 heteroatoms. The van der Waals surface area contributed by atoms with E-state index < -0.39 is 34.5 Å². The zero-order valence-corrected chi connectivity index (χ0v) is 16.5. The number of benzene rings is 4. The summed E-state index contributed by atoms with van der Waals surface area (Å²) in [5.74, 6) is -3.21. The first-order chi connectivity index (χ1) is 15.2. The molecule has 0 radical (unpaired) electrons. The van der Waals surface area contributed by atoms with Gasteiger partial charge in [0.1, 0.15) is 0 Å². The summed E-state index contributed by atoms with van der Waals surface area (Å²) in [5.41, 5.74) is 3.06. The van der Waals surface area contributed by atoms with Crippen molar-refractivity contribution in [1.29, 1.82) is 0 Å². The minimum Gasteiger partial charge on any atom is -0.504 e. The lowest BCUT2D eigenvalue weighted by atomic mass is 9.97. The van der Waals surface area contributed by atoms with Gasteiger partial charge in [0.2, 0.25) is 0 Å². The second-order valence-electron chi connectivity index (χ2n) is 7.21. The van der Waals surface area contributed by atoms with Crippen LogP contribution in [0.5, 0.6) is 34.5 Å². The largest absolute Gasteiger partial charge is 0.504 e. The Kier molecular flexibility index (Phi) is 5.08. The van der Waals surface area contributed by atoms with Gasteiger partial charge in [-0.25, -0.2) is 0 Å². The molecule has 0 heterocycles. The number of hydrogen-bond donors (Lipinski definition) is 6. The summed E-state index contributed by atoms with van der Waals surface area (Å²) in [5, 5.41) is 57.7. The highest BCUT2D eigenvalue weighted by Crippen LogP contribution is 2.40. The van der Waals surface area contributed by atoms with Crippen molar-refractivity contribution in [2.24, 2.45) is 0 Å². The summed E-state index contributed by atoms with van der Waals surface area (Å²) < 4.78 is 0. The molecule has 0 saturated carbocycles. The SMILES string of the molecule is O=C(c1ccc(-c2cc(O)c(O)c(O)c2)cc1)c1ccc(-c2cc(O)c(O)c(O)c2)cc1. The molecular formula is C25H18O7. The molecule has 0 aliphatic heterocycles. The third kappa shape index (κ3) is 3.75. The molecule has 0 aliphatic carbocycles. The lowest BCUT2D eigenvalue weighted by molar-refractivity contribution is 0.103. The normalized spacial score (nSPS) is 10.8. The van der Waals surface area contributed by atoms with Crippen molar-refractivity contribution in [3.8, 4) is 56.8 Å². The zero-order valence-electron chi connectivity index (χ0n) is 16.5. The molecule has 4 rings (SSSR count). The van der Waals surface area contributed by atoms with Crippen molar-refractivity contribution >= 4 is 5.78 Å². The van der Waals surface area contributed by atoms with Gasteiger partial charge in [0.25, 0.3) is 0 Å². The Bertz CT molecular complexity index is 1170. The highest BCUT2D eigenvalue weighted by Gasteiger charge is 2.13. The van der Waals surface area contributed by atoms with E-state index in [2.05, 4.69) is 0 Å². The highest BCUT2D eigenvalue weighted by atomic mass is 16.3. The predicted octanol–water partition coefficient (Wildman–Crippen LogP) is 4.49. The molecule has 7 nitrogen and oxygen atoms in total. The molecule has 6 N–H and O–H groups in total. The second-order valence-corrected chi connectivity index (χ2v) is 7.21. The Hall–Kier alpha value is -4.65. The molecule has 0 unspecified atom stereocenters. The first-order valence-electron chi connectivity index (χ1n) is 9.50. The first kappa shape index (κ1) is 20.6. The van der Waals surface area contributed by atoms with Gasteiger partial charge in [-0.05, 0) is 46.5 Å². The van der Waals surface area contributed by atoms with Crippen molar-refractivity contribution in [2.45, 2.75) is 0 Å². The van der Waals surface area contributed by atoms with Crippen LogP contribution >= 0.6 is 0 Å². The van der Waals surface area contributed by atoms with Gasteiger partial charge in [0, 0.05) is 11.1 Å². The Labute approximate surface area is 182 Å². The average Bonchev–Trinajstić information content (AvgIpc) is 2.80. The van der Waals surface area contributed by atoms with Gasteiger partial charge in [0.05, 0.1) is 0 Å². The number of rotatable bonds is 4. The van der Waals surface area contributed by atoms with Crippen LogP contribution in [-0.2, 0) is 0 Å². The molecule has 0 aromatic heterocycles. The highest BCUT2D eigenvalue weighted by molar-refractivity contribution is 6.09. The molecule has 0 saturated heterocycles. The van der Waals surface area contributed by atoms with E-state index in [1.54, 1.807) is 48.5 Å². The fraction of sp³-hybridized carbons (Fsp3) is 0. The molecule has 160 valence electrons. The van der Waals surface area contributed by atoms with Crippen LogP contribution in [0.3, 0.4) is 0 Å². The number of phenols is 6. The minimum absolute atomic E-state index is 0.226. The van der Waals surface area contributed by atoms with Crippen LogP contribution in [0.2, 0.25) is 0 Å². The Morgan fingerprint density at radius 1 is 0.438 bits per heavy atom. The van der Waals surface area contributed by atoms with Crippen LogP contribution in [0.15, 0.2) is 72.8 Å². The van der Waals surface area contributed by atoms with Crippen molar-refractivity contribution in [1.82, 2.24) is 0 Å². The Morgan fingerprint density at radius 2 is 0.719 bits per heavy atom. The molecule has 0 atom stereocenters. The molecule has 32 heavy (non-hydrogen) atoms. The van der Waals surface area contributed by atoms with E-state index >= 15 is 0 Å². The summed E-state index contributed by atoms with van der Waals surface area (Å²) in [4.78, 5) is 12.8. The molecule has 0 amide bonds. The van der Waals surface area contributed by atoms with Crippen molar-refractivity contribution in [3.63, 3.8) is 0 Å². The second kappa shape index (κ2) is 7.88. The van der Waals surface area contributed by atoms with Crippen molar-refractivity contribution < 1.29 is 35.4 Å². The maximum Gasteiger partial charge on any atom is 0.200 e. The van der Waals surface area contributed by atoms with E-state index in [-0.39, 0.29) is 5.78 Å². The quantitative estimate of drug-likeness (QED) is 0.207. The van der Waals surface area contributed by atoms with Crippen LogP contribution in [-0.4, -0.2) is 36.4 Å². The topological polar surface area (TPSA) is 138 Å². The van der Waals surface area contributed by atoms with Gasteiger partial charge in [-0.1, -0.05) is 48.5 Å².